The van der Waals surface area contributed by atoms with Crippen LogP contribution in [0.4, 0.5) is 10.1 Å². The molecule has 0 spiro atoms. The number of carbonyl (C=O) groups excluding carboxylic acids is 1. The van der Waals surface area contributed by atoms with E-state index in [2.05, 4.69) is 10.4 Å². The van der Waals surface area contributed by atoms with Crippen molar-refractivity contribution in [2.24, 2.45) is 0 Å². The third-order valence-corrected chi connectivity index (χ3v) is 3.72. The summed E-state index contributed by atoms with van der Waals surface area (Å²) in [7, 11) is 0. The molecule has 0 aliphatic carbocycles. The summed E-state index contributed by atoms with van der Waals surface area (Å²) in [5.41, 5.74) is 2.56. The van der Waals surface area contributed by atoms with E-state index in [0.29, 0.717) is 23.7 Å². The van der Waals surface area contributed by atoms with Crippen molar-refractivity contribution in [3.05, 3.63) is 71.8 Å². The van der Waals surface area contributed by atoms with E-state index >= 15 is 0 Å². The summed E-state index contributed by atoms with van der Waals surface area (Å²) in [5.74, 6) is -0.301. The predicted octanol–water partition coefficient (Wildman–Crippen LogP) is 4.36. The normalized spacial score (nSPS) is 10.6. The minimum atomic E-state index is -0.359. The maximum absolute atomic E-state index is 13.1. The van der Waals surface area contributed by atoms with Crippen molar-refractivity contribution in [2.45, 2.75) is 20.3 Å². The van der Waals surface area contributed by atoms with E-state index in [-0.39, 0.29) is 17.4 Å². The average molecular weight is 353 g/mol. The number of carbonyl (C=O) groups is 1. The minimum absolute atomic E-state index is 0.185. The van der Waals surface area contributed by atoms with E-state index in [1.807, 2.05) is 38.1 Å². The van der Waals surface area contributed by atoms with Crippen molar-refractivity contribution < 1.29 is 13.9 Å². The van der Waals surface area contributed by atoms with E-state index < -0.39 is 0 Å². The van der Waals surface area contributed by atoms with Crippen LogP contribution >= 0.6 is 0 Å². The number of hydrogen-bond acceptors (Lipinski definition) is 3. The Hall–Kier alpha value is -3.15. The molecule has 0 saturated heterocycles. The Morgan fingerprint density at radius 2 is 2.00 bits per heavy atom. The van der Waals surface area contributed by atoms with E-state index in [0.717, 1.165) is 12.0 Å². The molecule has 1 aromatic heterocycles. The largest absolute Gasteiger partial charge is 0.489 e. The van der Waals surface area contributed by atoms with Gasteiger partial charge in [-0.3, -0.25) is 4.79 Å². The van der Waals surface area contributed by atoms with Gasteiger partial charge in [-0.15, -0.1) is 0 Å². The maximum atomic E-state index is 13.1. The molecule has 0 aliphatic heterocycles. The zero-order valence-corrected chi connectivity index (χ0v) is 14.7. The van der Waals surface area contributed by atoms with Gasteiger partial charge in [0.1, 0.15) is 5.82 Å². The Morgan fingerprint density at radius 3 is 2.69 bits per heavy atom. The summed E-state index contributed by atoms with van der Waals surface area (Å²) in [6.07, 6.45) is 2.44. The lowest BCUT2D eigenvalue weighted by molar-refractivity contribution is 0.101. The molecule has 3 rings (SSSR count). The number of aromatic nitrogens is 2. The number of hydrogen-bond donors (Lipinski definition) is 1. The average Bonchev–Trinajstić information content (AvgIpc) is 3.05. The van der Waals surface area contributed by atoms with Gasteiger partial charge >= 0.3 is 0 Å². The molecule has 134 valence electrons. The first-order valence-electron chi connectivity index (χ1n) is 8.43. The third-order valence-electron chi connectivity index (χ3n) is 3.72. The van der Waals surface area contributed by atoms with Gasteiger partial charge in [0.2, 0.25) is 0 Å². The summed E-state index contributed by atoms with van der Waals surface area (Å²) in [5, 5.41) is 7.17. The highest BCUT2D eigenvalue weighted by Crippen LogP contribution is 2.22. The third kappa shape index (κ3) is 4.08. The molecule has 0 aliphatic rings. The molecular formula is C20H20FN3O2. The Bertz CT molecular complexity index is 904. The van der Waals surface area contributed by atoms with Crippen LogP contribution < -0.4 is 10.1 Å². The lowest BCUT2D eigenvalue weighted by Crippen LogP contribution is -2.14. The van der Waals surface area contributed by atoms with E-state index in [1.54, 1.807) is 18.3 Å². The number of halogens is 1. The summed E-state index contributed by atoms with van der Waals surface area (Å²) in [4.78, 5) is 12.7. The first kappa shape index (κ1) is 17.7. The molecule has 0 fully saturated rings. The number of nitrogens with one attached hydrogen (secondary N) is 1. The highest BCUT2D eigenvalue weighted by Gasteiger charge is 2.19. The van der Waals surface area contributed by atoms with Crippen LogP contribution in [0.1, 0.15) is 29.4 Å². The Morgan fingerprint density at radius 1 is 1.23 bits per heavy atom. The summed E-state index contributed by atoms with van der Waals surface area (Å²) in [6.45, 7) is 4.41. The van der Waals surface area contributed by atoms with Gasteiger partial charge in [-0.25, -0.2) is 9.07 Å². The zero-order valence-electron chi connectivity index (χ0n) is 14.7. The molecule has 1 heterocycles. The molecule has 5 nitrogen and oxygen atoms in total. The van der Waals surface area contributed by atoms with Crippen LogP contribution in [0.2, 0.25) is 0 Å². The lowest BCUT2D eigenvalue weighted by Gasteiger charge is -2.06. The Kier molecular flexibility index (Phi) is 5.31. The number of rotatable bonds is 6. The number of anilines is 1. The maximum Gasteiger partial charge on any atom is 0.280 e. The highest BCUT2D eigenvalue weighted by atomic mass is 19.1. The molecule has 0 bridgehead atoms. The molecule has 3 aromatic rings. The van der Waals surface area contributed by atoms with Crippen molar-refractivity contribution in [1.29, 1.82) is 0 Å². The molecule has 6 heteroatoms. The number of aryl methyl sites for hydroxylation is 1. The van der Waals surface area contributed by atoms with Gasteiger partial charge in [-0.05, 0) is 55.3 Å². The van der Waals surface area contributed by atoms with Crippen molar-refractivity contribution in [2.75, 3.05) is 11.9 Å². The van der Waals surface area contributed by atoms with Crippen LogP contribution in [0, 0.1) is 12.7 Å². The van der Waals surface area contributed by atoms with Crippen LogP contribution in [0.5, 0.6) is 5.75 Å². The Labute approximate surface area is 151 Å². The fourth-order valence-electron chi connectivity index (χ4n) is 2.47. The Balaban J connectivity index is 1.90. The second-order valence-electron chi connectivity index (χ2n) is 5.94. The topological polar surface area (TPSA) is 56.2 Å². The number of ether oxygens (including phenoxy) is 1. The van der Waals surface area contributed by atoms with E-state index in [9.17, 15) is 9.18 Å². The predicted molar refractivity (Wildman–Crippen MR) is 98.4 cm³/mol. The highest BCUT2D eigenvalue weighted by molar-refractivity contribution is 6.04. The first-order valence-corrected chi connectivity index (χ1v) is 8.43. The van der Waals surface area contributed by atoms with Crippen LogP contribution in [-0.2, 0) is 0 Å². The monoisotopic (exact) mass is 353 g/mol. The quantitative estimate of drug-likeness (QED) is 0.716. The van der Waals surface area contributed by atoms with Crippen LogP contribution in [-0.4, -0.2) is 22.3 Å². The van der Waals surface area contributed by atoms with Gasteiger partial charge in [-0.1, -0.05) is 19.1 Å². The van der Waals surface area contributed by atoms with Gasteiger partial charge in [0, 0.05) is 5.69 Å². The molecule has 0 unspecified atom stereocenters. The van der Waals surface area contributed by atoms with Crippen molar-refractivity contribution in [1.82, 2.24) is 9.78 Å². The van der Waals surface area contributed by atoms with Crippen LogP contribution in [0.25, 0.3) is 5.69 Å². The molecule has 1 N–H and O–H groups in total. The number of nitrogens with zero attached hydrogens (tertiary/aromatic N) is 2. The van der Waals surface area contributed by atoms with E-state index in [4.69, 9.17) is 4.74 Å². The van der Waals surface area contributed by atoms with Crippen LogP contribution in [0.15, 0.2) is 54.7 Å². The summed E-state index contributed by atoms with van der Waals surface area (Å²) < 4.78 is 20.3. The zero-order chi connectivity index (χ0) is 18.5. The molecule has 2 aromatic carbocycles. The first-order chi connectivity index (χ1) is 12.6. The molecular weight excluding hydrogens is 333 g/mol. The second-order valence-corrected chi connectivity index (χ2v) is 5.94. The van der Waals surface area contributed by atoms with Gasteiger partial charge in [-0.2, -0.15) is 5.10 Å². The van der Waals surface area contributed by atoms with Gasteiger partial charge < -0.3 is 10.1 Å². The standard InChI is InChI=1S/C20H20FN3O2/c1-3-11-26-18-13-24(17-9-7-15(21)8-10-17)23-19(18)20(25)22-16-6-4-5-14(2)12-16/h4-10,12-13H,3,11H2,1-2H3,(H,22,25). The van der Waals surface area contributed by atoms with Gasteiger partial charge in [0.15, 0.2) is 11.4 Å². The summed E-state index contributed by atoms with van der Waals surface area (Å²) in [6, 6.07) is 13.4. The molecule has 0 radical (unpaired) electrons. The SMILES string of the molecule is CCCOc1cn(-c2ccc(F)cc2)nc1C(=O)Nc1cccc(C)c1. The fourth-order valence-corrected chi connectivity index (χ4v) is 2.47. The van der Waals surface area contributed by atoms with Crippen molar-refractivity contribution >= 4 is 11.6 Å². The smallest absolute Gasteiger partial charge is 0.280 e. The molecule has 0 saturated carbocycles. The number of amides is 1. The van der Waals surface area contributed by atoms with Crippen LogP contribution in [0.3, 0.4) is 0 Å². The van der Waals surface area contributed by atoms with E-state index in [1.165, 1.54) is 16.8 Å². The van der Waals surface area contributed by atoms with Crippen molar-refractivity contribution in [3.8, 4) is 11.4 Å². The molecule has 0 atom stereocenters. The minimum Gasteiger partial charge on any atom is -0.489 e. The molecule has 1 amide bonds. The van der Waals surface area contributed by atoms with Crippen molar-refractivity contribution in [3.63, 3.8) is 0 Å². The summed E-state index contributed by atoms with van der Waals surface area (Å²) >= 11 is 0. The van der Waals surface area contributed by atoms with Gasteiger partial charge in [0.05, 0.1) is 18.5 Å². The van der Waals surface area contributed by atoms with Gasteiger partial charge in [0.25, 0.3) is 5.91 Å². The lowest BCUT2D eigenvalue weighted by atomic mass is 10.2. The second kappa shape index (κ2) is 7.82. The fraction of sp³-hybridized carbons (Fsp3) is 0.200. The molecule has 26 heavy (non-hydrogen) atoms. The number of benzene rings is 2.